The molecule has 0 saturated carbocycles. The van der Waals surface area contributed by atoms with Crippen molar-refractivity contribution in [2.24, 2.45) is 0 Å². The minimum Gasteiger partial charge on any atom is -0.490 e. The van der Waals surface area contributed by atoms with Gasteiger partial charge in [0.05, 0.1) is 10.5 Å². The van der Waals surface area contributed by atoms with Gasteiger partial charge < -0.3 is 9.47 Å². The first-order valence-electron chi connectivity index (χ1n) is 10.9. The lowest BCUT2D eigenvalue weighted by atomic mass is 10.1. The van der Waals surface area contributed by atoms with E-state index in [9.17, 15) is 20.2 Å². The zero-order valence-corrected chi connectivity index (χ0v) is 20.1. The fourth-order valence-electron chi connectivity index (χ4n) is 3.16. The number of nitro groups is 1. The largest absolute Gasteiger partial charge is 0.490 e. The highest BCUT2D eigenvalue weighted by molar-refractivity contribution is 7.16. The molecule has 0 spiro atoms. The molecule has 0 unspecified atom stereocenters. The Bertz CT molecular complexity index is 1470. The molecule has 0 aliphatic heterocycles. The molecule has 184 valence electrons. The van der Waals surface area contributed by atoms with Gasteiger partial charge in [0.2, 0.25) is 5.13 Å². The molecule has 3 aromatic carbocycles. The Balaban J connectivity index is 1.51. The van der Waals surface area contributed by atoms with Crippen LogP contribution in [-0.2, 0) is 0 Å². The molecule has 1 heterocycles. The quantitative estimate of drug-likeness (QED) is 0.132. The predicted octanol–water partition coefficient (Wildman–Crippen LogP) is 5.22. The number of nitrogens with zero attached hydrogens (tertiary/aromatic N) is 4. The number of para-hydroxylation sites is 1. The Morgan fingerprint density at radius 1 is 1.03 bits per heavy atom. The summed E-state index contributed by atoms with van der Waals surface area (Å²) >= 11 is 1.00. The molecule has 0 saturated heterocycles. The van der Waals surface area contributed by atoms with Crippen LogP contribution in [0.25, 0.3) is 11.6 Å². The topological polar surface area (TPSA) is 140 Å². The number of non-ortho nitro benzene ring substituents is 1. The maximum absolute atomic E-state index is 12.4. The summed E-state index contributed by atoms with van der Waals surface area (Å²) in [5.41, 5.74) is 0.702. The SMILES string of the molecule is N#C/C(=C/c1cc([N+](=O)[O-])ccc1OCCOc1ccccc1)c1nnc(NC(=O)c2ccccc2)s1. The number of nitro benzene ring substituents is 1. The van der Waals surface area contributed by atoms with Crippen molar-refractivity contribution in [3.8, 4) is 17.6 Å². The summed E-state index contributed by atoms with van der Waals surface area (Å²) in [6.45, 7) is 0.417. The van der Waals surface area contributed by atoms with Crippen LogP contribution in [0.15, 0.2) is 78.9 Å². The number of rotatable bonds is 10. The summed E-state index contributed by atoms with van der Waals surface area (Å²) in [5, 5.41) is 32.1. The van der Waals surface area contributed by atoms with Crippen LogP contribution in [0.5, 0.6) is 11.5 Å². The first-order valence-corrected chi connectivity index (χ1v) is 11.8. The van der Waals surface area contributed by atoms with Crippen LogP contribution in [0.3, 0.4) is 0 Å². The zero-order chi connectivity index (χ0) is 26.0. The molecule has 4 rings (SSSR count). The van der Waals surface area contributed by atoms with Crippen LogP contribution < -0.4 is 14.8 Å². The monoisotopic (exact) mass is 513 g/mol. The molecule has 0 atom stereocenters. The van der Waals surface area contributed by atoms with E-state index in [2.05, 4.69) is 15.5 Å². The van der Waals surface area contributed by atoms with Crippen LogP contribution in [0.4, 0.5) is 10.8 Å². The second kappa shape index (κ2) is 12.1. The molecule has 0 aliphatic carbocycles. The number of carbonyl (C=O) groups excluding carboxylic acids is 1. The van der Waals surface area contributed by atoms with Crippen molar-refractivity contribution in [2.45, 2.75) is 0 Å². The molecule has 0 radical (unpaired) electrons. The van der Waals surface area contributed by atoms with Gasteiger partial charge in [-0.05, 0) is 36.4 Å². The highest BCUT2D eigenvalue weighted by atomic mass is 32.1. The normalized spacial score (nSPS) is 10.8. The lowest BCUT2D eigenvalue weighted by molar-refractivity contribution is -0.384. The standard InChI is InChI=1S/C26H19N5O5S/c27-17-20(25-29-30-26(37-25)28-24(32)18-7-3-1-4-8-18)15-19-16-21(31(33)34)11-12-23(19)36-14-13-35-22-9-5-2-6-10-22/h1-12,15-16H,13-14H2,(H,28,30,32)/b20-15-. The molecule has 1 aromatic heterocycles. The molecule has 37 heavy (non-hydrogen) atoms. The van der Waals surface area contributed by atoms with Crippen LogP contribution >= 0.6 is 11.3 Å². The number of aromatic nitrogens is 2. The van der Waals surface area contributed by atoms with Crippen molar-refractivity contribution in [3.05, 3.63) is 105 Å². The fourth-order valence-corrected chi connectivity index (χ4v) is 3.86. The summed E-state index contributed by atoms with van der Waals surface area (Å²) in [6.07, 6.45) is 1.43. The third kappa shape index (κ3) is 6.74. The fraction of sp³-hybridized carbons (Fsp3) is 0.0769. The Labute approximate surface area is 215 Å². The Morgan fingerprint density at radius 2 is 1.73 bits per heavy atom. The third-order valence-corrected chi connectivity index (χ3v) is 5.76. The minimum absolute atomic E-state index is 0.101. The molecule has 0 bridgehead atoms. The van der Waals surface area contributed by atoms with Gasteiger partial charge in [-0.25, -0.2) is 0 Å². The van der Waals surface area contributed by atoms with Gasteiger partial charge in [0.25, 0.3) is 11.6 Å². The maximum atomic E-state index is 12.4. The van der Waals surface area contributed by atoms with Crippen LogP contribution in [0.2, 0.25) is 0 Å². The van der Waals surface area contributed by atoms with E-state index in [1.807, 2.05) is 36.4 Å². The van der Waals surface area contributed by atoms with Gasteiger partial charge in [-0.3, -0.25) is 20.2 Å². The van der Waals surface area contributed by atoms with E-state index in [1.165, 1.54) is 24.3 Å². The van der Waals surface area contributed by atoms with Crippen molar-refractivity contribution in [1.29, 1.82) is 5.26 Å². The second-order valence-corrected chi connectivity index (χ2v) is 8.37. The van der Waals surface area contributed by atoms with Crippen LogP contribution in [0.1, 0.15) is 20.9 Å². The second-order valence-electron chi connectivity index (χ2n) is 7.39. The molecule has 0 fully saturated rings. The Morgan fingerprint density at radius 3 is 2.43 bits per heavy atom. The molecular formula is C26H19N5O5S. The van der Waals surface area contributed by atoms with E-state index in [4.69, 9.17) is 9.47 Å². The molecule has 1 N–H and O–H groups in total. The average Bonchev–Trinajstić information content (AvgIpc) is 3.39. The van der Waals surface area contributed by atoms with E-state index in [0.29, 0.717) is 22.6 Å². The molecule has 0 aliphatic rings. The Hall–Kier alpha value is -5.08. The lowest BCUT2D eigenvalue weighted by Gasteiger charge is -2.11. The van der Waals surface area contributed by atoms with Crippen molar-refractivity contribution < 1.29 is 19.2 Å². The zero-order valence-electron chi connectivity index (χ0n) is 19.2. The smallest absolute Gasteiger partial charge is 0.270 e. The summed E-state index contributed by atoms with van der Waals surface area (Å²) in [7, 11) is 0. The Kier molecular flexibility index (Phi) is 8.15. The van der Waals surface area contributed by atoms with Crippen LogP contribution in [-0.4, -0.2) is 34.2 Å². The van der Waals surface area contributed by atoms with Crippen molar-refractivity contribution in [1.82, 2.24) is 10.2 Å². The number of hydrogen-bond donors (Lipinski definition) is 1. The molecule has 10 nitrogen and oxygen atoms in total. The molecular weight excluding hydrogens is 494 g/mol. The summed E-state index contributed by atoms with van der Waals surface area (Å²) < 4.78 is 11.4. The molecule has 1 amide bonds. The van der Waals surface area contributed by atoms with E-state index < -0.39 is 4.92 Å². The van der Waals surface area contributed by atoms with Crippen molar-refractivity contribution in [3.63, 3.8) is 0 Å². The van der Waals surface area contributed by atoms with Gasteiger partial charge in [-0.1, -0.05) is 47.7 Å². The minimum atomic E-state index is -0.534. The van der Waals surface area contributed by atoms with E-state index in [1.54, 1.807) is 30.3 Å². The van der Waals surface area contributed by atoms with Crippen molar-refractivity contribution in [2.75, 3.05) is 18.5 Å². The van der Waals surface area contributed by atoms with Gasteiger partial charge in [-0.15, -0.1) is 10.2 Å². The van der Waals surface area contributed by atoms with Gasteiger partial charge in [0.15, 0.2) is 5.01 Å². The third-order valence-electron chi connectivity index (χ3n) is 4.89. The number of amides is 1. The van der Waals surface area contributed by atoms with Gasteiger partial charge >= 0.3 is 0 Å². The van der Waals surface area contributed by atoms with E-state index in [0.717, 1.165) is 11.3 Å². The number of ether oxygens (including phenoxy) is 2. The first kappa shape index (κ1) is 25.0. The number of benzene rings is 3. The van der Waals surface area contributed by atoms with Gasteiger partial charge in [0, 0.05) is 23.3 Å². The number of hydrogen-bond acceptors (Lipinski definition) is 9. The maximum Gasteiger partial charge on any atom is 0.270 e. The number of allylic oxidation sites excluding steroid dienone is 1. The number of anilines is 1. The molecule has 11 heteroatoms. The summed E-state index contributed by atoms with van der Waals surface area (Å²) in [4.78, 5) is 23.2. The summed E-state index contributed by atoms with van der Waals surface area (Å²) in [6, 6.07) is 23.9. The van der Waals surface area contributed by atoms with Gasteiger partial charge in [0.1, 0.15) is 30.8 Å². The summed E-state index contributed by atoms with van der Waals surface area (Å²) in [5.74, 6) is 0.656. The number of nitriles is 1. The van der Waals surface area contributed by atoms with Gasteiger partial charge in [-0.2, -0.15) is 5.26 Å². The van der Waals surface area contributed by atoms with E-state index in [-0.39, 0.29) is 40.5 Å². The number of carbonyl (C=O) groups is 1. The number of nitrogens with one attached hydrogen (secondary N) is 1. The first-order chi connectivity index (χ1) is 18.0. The van der Waals surface area contributed by atoms with E-state index >= 15 is 0 Å². The highest BCUT2D eigenvalue weighted by Crippen LogP contribution is 2.30. The lowest BCUT2D eigenvalue weighted by Crippen LogP contribution is -2.11. The highest BCUT2D eigenvalue weighted by Gasteiger charge is 2.16. The van der Waals surface area contributed by atoms with Crippen LogP contribution in [0, 0.1) is 21.4 Å². The van der Waals surface area contributed by atoms with Crippen molar-refractivity contribution >= 4 is 39.7 Å². The predicted molar refractivity (Wildman–Crippen MR) is 138 cm³/mol. The molecule has 4 aromatic rings. The average molecular weight is 514 g/mol.